The number of likely N-dealkylation sites (N-methyl/N-ethyl adjacent to an activating group) is 1. The maximum absolute atomic E-state index is 12.1. The maximum atomic E-state index is 12.1. The molecule has 2 aromatic rings. The van der Waals surface area contributed by atoms with Crippen LogP contribution in [0.1, 0.15) is 12.5 Å². The van der Waals surface area contributed by atoms with Crippen molar-refractivity contribution in [2.45, 2.75) is 20.0 Å². The van der Waals surface area contributed by atoms with E-state index in [1.54, 1.807) is 32.2 Å². The molecule has 0 spiro atoms. The highest BCUT2D eigenvalue weighted by molar-refractivity contribution is 6.00. The molecule has 0 saturated heterocycles. The van der Waals surface area contributed by atoms with Crippen LogP contribution < -0.4 is 19.7 Å². The summed E-state index contributed by atoms with van der Waals surface area (Å²) in [6.45, 7) is 3.54. The average molecular weight is 340 g/mol. The van der Waals surface area contributed by atoms with Gasteiger partial charge in [-0.1, -0.05) is 18.2 Å². The molecule has 0 aliphatic carbocycles. The molecule has 0 bridgehead atoms. The molecular weight excluding hydrogens is 320 g/mol. The van der Waals surface area contributed by atoms with E-state index in [9.17, 15) is 9.59 Å². The second kappa shape index (κ2) is 6.84. The summed E-state index contributed by atoms with van der Waals surface area (Å²) in [4.78, 5) is 25.7. The van der Waals surface area contributed by atoms with Gasteiger partial charge in [0.2, 0.25) is 0 Å². The summed E-state index contributed by atoms with van der Waals surface area (Å²) in [5.41, 5.74) is 2.17. The average Bonchev–Trinajstić information content (AvgIpc) is 2.60. The molecule has 0 fully saturated rings. The molecule has 2 aromatic carbocycles. The molecule has 0 radical (unpaired) electrons. The summed E-state index contributed by atoms with van der Waals surface area (Å²) < 4.78 is 11.1. The van der Waals surface area contributed by atoms with Crippen molar-refractivity contribution in [1.82, 2.24) is 0 Å². The fourth-order valence-electron chi connectivity index (χ4n) is 2.65. The molecule has 3 rings (SSSR count). The number of rotatable bonds is 4. The first-order valence-corrected chi connectivity index (χ1v) is 8.02. The number of ether oxygens (including phenoxy) is 2. The summed E-state index contributed by atoms with van der Waals surface area (Å²) in [6.07, 6.45) is -0.513. The number of anilines is 2. The number of para-hydroxylation sites is 1. The van der Waals surface area contributed by atoms with Gasteiger partial charge in [-0.15, -0.1) is 0 Å². The van der Waals surface area contributed by atoms with E-state index in [0.29, 0.717) is 22.9 Å². The van der Waals surface area contributed by atoms with Crippen LogP contribution in [-0.4, -0.2) is 31.6 Å². The third-order valence-electron chi connectivity index (χ3n) is 4.04. The molecule has 1 aliphatic rings. The van der Waals surface area contributed by atoms with Crippen molar-refractivity contribution in [2.75, 3.05) is 23.9 Å². The Hall–Kier alpha value is -3.02. The first kappa shape index (κ1) is 16.8. The molecule has 2 amide bonds. The molecule has 6 heteroatoms. The molecule has 1 N–H and O–H groups in total. The molecule has 1 atom stereocenters. The Bertz CT molecular complexity index is 819. The quantitative estimate of drug-likeness (QED) is 0.929. The Kier molecular flexibility index (Phi) is 4.61. The van der Waals surface area contributed by atoms with Gasteiger partial charge in [-0.2, -0.15) is 0 Å². The smallest absolute Gasteiger partial charge is 0.267 e. The van der Waals surface area contributed by atoms with Crippen LogP contribution in [0.25, 0.3) is 0 Å². The number of fused-ring (bicyclic) bond motifs is 1. The monoisotopic (exact) mass is 340 g/mol. The van der Waals surface area contributed by atoms with Crippen molar-refractivity contribution in [3.05, 3.63) is 48.0 Å². The summed E-state index contributed by atoms with van der Waals surface area (Å²) in [6, 6.07) is 12.7. The van der Waals surface area contributed by atoms with Crippen LogP contribution in [0.2, 0.25) is 0 Å². The van der Waals surface area contributed by atoms with Gasteiger partial charge in [0.05, 0.1) is 5.69 Å². The lowest BCUT2D eigenvalue weighted by Gasteiger charge is -2.30. The highest BCUT2D eigenvalue weighted by Crippen LogP contribution is 2.35. The lowest BCUT2D eigenvalue weighted by atomic mass is 10.2. The van der Waals surface area contributed by atoms with Gasteiger partial charge < -0.3 is 19.7 Å². The van der Waals surface area contributed by atoms with Crippen LogP contribution in [0.4, 0.5) is 11.4 Å². The van der Waals surface area contributed by atoms with Crippen molar-refractivity contribution >= 4 is 23.2 Å². The van der Waals surface area contributed by atoms with Crippen molar-refractivity contribution < 1.29 is 19.1 Å². The zero-order chi connectivity index (χ0) is 18.0. The van der Waals surface area contributed by atoms with Crippen LogP contribution in [0.15, 0.2) is 42.5 Å². The fraction of sp³-hybridized carbons (Fsp3) is 0.263. The van der Waals surface area contributed by atoms with Crippen LogP contribution in [-0.2, 0) is 9.59 Å². The van der Waals surface area contributed by atoms with Gasteiger partial charge in [-0.25, -0.2) is 0 Å². The predicted octanol–water partition coefficient (Wildman–Crippen LogP) is 2.76. The van der Waals surface area contributed by atoms with E-state index in [1.807, 2.05) is 31.2 Å². The zero-order valence-corrected chi connectivity index (χ0v) is 14.4. The minimum absolute atomic E-state index is 0.0930. The molecule has 25 heavy (non-hydrogen) atoms. The number of amides is 2. The highest BCUT2D eigenvalue weighted by Gasteiger charge is 2.29. The van der Waals surface area contributed by atoms with E-state index >= 15 is 0 Å². The second-order valence-corrected chi connectivity index (χ2v) is 5.94. The van der Waals surface area contributed by atoms with Crippen molar-refractivity contribution in [2.24, 2.45) is 0 Å². The van der Waals surface area contributed by atoms with Gasteiger partial charge in [0, 0.05) is 12.7 Å². The van der Waals surface area contributed by atoms with Gasteiger partial charge in [-0.05, 0) is 43.7 Å². The van der Waals surface area contributed by atoms with Crippen molar-refractivity contribution in [1.29, 1.82) is 0 Å². The molecule has 130 valence electrons. The Labute approximate surface area is 146 Å². The normalized spacial score (nSPS) is 16.0. The molecule has 0 saturated carbocycles. The van der Waals surface area contributed by atoms with E-state index in [2.05, 4.69) is 5.32 Å². The third kappa shape index (κ3) is 3.57. The first-order chi connectivity index (χ1) is 12.0. The fourth-order valence-corrected chi connectivity index (χ4v) is 2.65. The largest absolute Gasteiger partial charge is 0.483 e. The first-order valence-electron chi connectivity index (χ1n) is 8.02. The van der Waals surface area contributed by atoms with Crippen LogP contribution in [0, 0.1) is 6.92 Å². The van der Waals surface area contributed by atoms with Crippen LogP contribution >= 0.6 is 0 Å². The minimum Gasteiger partial charge on any atom is -0.483 e. The number of nitrogens with one attached hydrogen (secondary N) is 1. The number of aryl methyl sites for hydroxylation is 1. The lowest BCUT2D eigenvalue weighted by molar-refractivity contribution is -0.125. The number of carbonyl (C=O) groups is 2. The lowest BCUT2D eigenvalue weighted by Crippen LogP contribution is -2.42. The summed E-state index contributed by atoms with van der Waals surface area (Å²) in [5.74, 6) is 0.890. The van der Waals surface area contributed by atoms with E-state index in [1.165, 1.54) is 4.90 Å². The van der Waals surface area contributed by atoms with E-state index < -0.39 is 6.10 Å². The molecule has 1 aliphatic heterocycles. The Morgan fingerprint density at radius 1 is 1.28 bits per heavy atom. The standard InChI is InChI=1S/C19H20N2O4/c1-12-6-4-5-7-16(12)24-11-18(22)20-14-8-9-17-15(10-14)21(3)19(23)13(2)25-17/h4-10,13H,11H2,1-3H3,(H,20,22). The SMILES string of the molecule is Cc1ccccc1OCC(=O)Nc1ccc2c(c1)N(C)C(=O)C(C)O2. The Morgan fingerprint density at radius 2 is 2.04 bits per heavy atom. The van der Waals surface area contributed by atoms with Gasteiger partial charge in [-0.3, -0.25) is 9.59 Å². The van der Waals surface area contributed by atoms with Crippen LogP contribution in [0.5, 0.6) is 11.5 Å². The van der Waals surface area contributed by atoms with Crippen molar-refractivity contribution in [3.63, 3.8) is 0 Å². The minimum atomic E-state index is -0.513. The summed E-state index contributed by atoms with van der Waals surface area (Å²) in [7, 11) is 1.69. The third-order valence-corrected chi connectivity index (χ3v) is 4.04. The highest BCUT2D eigenvalue weighted by atomic mass is 16.5. The summed E-state index contributed by atoms with van der Waals surface area (Å²) in [5, 5.41) is 2.77. The Morgan fingerprint density at radius 3 is 2.80 bits per heavy atom. The molecule has 1 heterocycles. The van der Waals surface area contributed by atoms with Gasteiger partial charge in [0.15, 0.2) is 12.7 Å². The van der Waals surface area contributed by atoms with Crippen LogP contribution in [0.3, 0.4) is 0 Å². The number of hydrogen-bond acceptors (Lipinski definition) is 4. The number of hydrogen-bond donors (Lipinski definition) is 1. The molecule has 6 nitrogen and oxygen atoms in total. The zero-order valence-electron chi connectivity index (χ0n) is 14.4. The second-order valence-electron chi connectivity index (χ2n) is 5.94. The topological polar surface area (TPSA) is 67.9 Å². The van der Waals surface area contributed by atoms with E-state index in [4.69, 9.17) is 9.47 Å². The van der Waals surface area contributed by atoms with E-state index in [0.717, 1.165) is 5.56 Å². The predicted molar refractivity (Wildman–Crippen MR) is 95.2 cm³/mol. The van der Waals surface area contributed by atoms with Gasteiger partial charge >= 0.3 is 0 Å². The molecular formula is C19H20N2O4. The summed E-state index contributed by atoms with van der Waals surface area (Å²) >= 11 is 0. The Balaban J connectivity index is 1.66. The van der Waals surface area contributed by atoms with Gasteiger partial charge in [0.1, 0.15) is 11.5 Å². The number of carbonyl (C=O) groups excluding carboxylic acids is 2. The number of benzene rings is 2. The number of nitrogens with zero attached hydrogens (tertiary/aromatic N) is 1. The van der Waals surface area contributed by atoms with Gasteiger partial charge in [0.25, 0.3) is 11.8 Å². The maximum Gasteiger partial charge on any atom is 0.267 e. The van der Waals surface area contributed by atoms with E-state index in [-0.39, 0.29) is 18.4 Å². The molecule has 1 unspecified atom stereocenters. The van der Waals surface area contributed by atoms with Crippen molar-refractivity contribution in [3.8, 4) is 11.5 Å². The molecule has 0 aromatic heterocycles.